The summed E-state index contributed by atoms with van der Waals surface area (Å²) < 4.78 is 30.1. The van der Waals surface area contributed by atoms with Crippen LogP contribution in [-0.4, -0.2) is 48.6 Å². The molecule has 0 bridgehead atoms. The van der Waals surface area contributed by atoms with E-state index < -0.39 is 33.6 Å². The number of ether oxygens (including phenoxy) is 1. The Morgan fingerprint density at radius 3 is 2.32 bits per heavy atom. The minimum atomic E-state index is -3.81. The Hall–Kier alpha value is -3.87. The summed E-state index contributed by atoms with van der Waals surface area (Å²) in [6.07, 6.45) is 1.61. The number of aromatic nitrogens is 1. The summed E-state index contributed by atoms with van der Waals surface area (Å²) in [5, 5.41) is 7.30. The van der Waals surface area contributed by atoms with Crippen LogP contribution in [0.15, 0.2) is 64.4 Å². The second-order valence-electron chi connectivity index (χ2n) is 8.25. The van der Waals surface area contributed by atoms with Gasteiger partial charge in [-0.2, -0.15) is 0 Å². The Bertz CT molecular complexity index is 1520. The third kappa shape index (κ3) is 5.61. The van der Waals surface area contributed by atoms with Crippen molar-refractivity contribution in [1.29, 1.82) is 0 Å². The molecule has 37 heavy (non-hydrogen) atoms. The number of thioether (sulfide) groups is 1. The lowest BCUT2D eigenvalue weighted by Gasteiger charge is -2.12. The molecule has 3 N–H and O–H groups in total. The van der Waals surface area contributed by atoms with Crippen LogP contribution in [0.2, 0.25) is 0 Å². The van der Waals surface area contributed by atoms with Crippen molar-refractivity contribution in [2.75, 3.05) is 19.0 Å². The largest absolute Gasteiger partial charge is 0.497 e. The highest BCUT2D eigenvalue weighted by Crippen LogP contribution is 2.34. The van der Waals surface area contributed by atoms with Crippen LogP contribution in [0.4, 0.5) is 10.5 Å². The van der Waals surface area contributed by atoms with Gasteiger partial charge in [-0.1, -0.05) is 0 Å². The van der Waals surface area contributed by atoms with E-state index in [1.807, 2.05) is 24.5 Å². The molecule has 0 atom stereocenters. The Balaban J connectivity index is 1.51. The van der Waals surface area contributed by atoms with Gasteiger partial charge in [-0.3, -0.25) is 19.3 Å². The smallest absolute Gasteiger partial charge is 0.294 e. The van der Waals surface area contributed by atoms with E-state index in [0.29, 0.717) is 22.7 Å². The number of nitrogens with two attached hydrogens (primary N) is 1. The molecule has 0 unspecified atom stereocenters. The van der Waals surface area contributed by atoms with Crippen LogP contribution in [0.1, 0.15) is 17.0 Å². The monoisotopic (exact) mass is 540 g/mol. The lowest BCUT2D eigenvalue weighted by molar-refractivity contribution is -0.127. The van der Waals surface area contributed by atoms with Crippen LogP contribution in [0.5, 0.6) is 5.75 Å². The molecule has 1 fully saturated rings. The van der Waals surface area contributed by atoms with Crippen molar-refractivity contribution in [3.8, 4) is 11.4 Å². The number of amides is 3. The molecule has 2 aromatic carbocycles. The van der Waals surface area contributed by atoms with E-state index in [1.54, 1.807) is 42.5 Å². The van der Waals surface area contributed by atoms with E-state index in [4.69, 9.17) is 9.88 Å². The number of rotatable bonds is 7. The second-order valence-corrected chi connectivity index (χ2v) is 10.8. The predicted octanol–water partition coefficient (Wildman–Crippen LogP) is 3.43. The number of benzene rings is 2. The summed E-state index contributed by atoms with van der Waals surface area (Å²) in [7, 11) is -2.27. The van der Waals surface area contributed by atoms with Gasteiger partial charge in [0.15, 0.2) is 0 Å². The normalized spacial score (nSPS) is 14.9. The first-order valence-corrected chi connectivity index (χ1v) is 13.4. The molecule has 0 saturated carbocycles. The molecule has 3 aromatic rings. The van der Waals surface area contributed by atoms with Crippen LogP contribution in [-0.2, 0) is 19.6 Å². The molecule has 1 aromatic heterocycles. The van der Waals surface area contributed by atoms with Crippen molar-refractivity contribution in [3.63, 3.8) is 0 Å². The third-order valence-electron chi connectivity index (χ3n) is 5.73. The Labute approximate surface area is 218 Å². The van der Waals surface area contributed by atoms with Gasteiger partial charge in [0.25, 0.3) is 11.1 Å². The van der Waals surface area contributed by atoms with E-state index in [-0.39, 0.29) is 9.80 Å². The summed E-state index contributed by atoms with van der Waals surface area (Å²) in [6.45, 7) is 3.30. The number of carbonyl (C=O) groups is 3. The number of anilines is 1. The zero-order valence-corrected chi connectivity index (χ0v) is 21.9. The number of imide groups is 1. The lowest BCUT2D eigenvalue weighted by atomic mass is 10.2. The fourth-order valence-corrected chi connectivity index (χ4v) is 5.26. The van der Waals surface area contributed by atoms with Crippen molar-refractivity contribution in [2.45, 2.75) is 18.7 Å². The molecule has 10 nitrogen and oxygen atoms in total. The number of hydrogen-bond acceptors (Lipinski definition) is 7. The number of nitrogens with one attached hydrogen (secondary N) is 1. The van der Waals surface area contributed by atoms with E-state index in [9.17, 15) is 22.8 Å². The van der Waals surface area contributed by atoms with Crippen molar-refractivity contribution >= 4 is 50.6 Å². The molecule has 12 heteroatoms. The predicted molar refractivity (Wildman–Crippen MR) is 141 cm³/mol. The van der Waals surface area contributed by atoms with E-state index in [1.165, 1.54) is 19.2 Å². The maximum atomic E-state index is 12.9. The first kappa shape index (κ1) is 26.2. The first-order chi connectivity index (χ1) is 17.5. The van der Waals surface area contributed by atoms with Gasteiger partial charge in [0, 0.05) is 22.8 Å². The van der Waals surface area contributed by atoms with E-state index in [0.717, 1.165) is 28.0 Å². The number of primary sulfonamides is 1. The molecule has 1 aliphatic heterocycles. The Morgan fingerprint density at radius 2 is 1.73 bits per heavy atom. The molecule has 3 amide bonds. The number of aryl methyl sites for hydroxylation is 1. The zero-order valence-electron chi connectivity index (χ0n) is 20.2. The first-order valence-electron chi connectivity index (χ1n) is 11.0. The van der Waals surface area contributed by atoms with Crippen molar-refractivity contribution < 1.29 is 27.5 Å². The van der Waals surface area contributed by atoms with Crippen LogP contribution in [0, 0.1) is 13.8 Å². The third-order valence-corrected chi connectivity index (χ3v) is 7.57. The molecule has 0 aliphatic carbocycles. The van der Waals surface area contributed by atoms with Gasteiger partial charge in [-0.05, 0) is 91.8 Å². The van der Waals surface area contributed by atoms with E-state index in [2.05, 4.69) is 5.32 Å². The zero-order chi connectivity index (χ0) is 26.9. The minimum Gasteiger partial charge on any atom is -0.497 e. The van der Waals surface area contributed by atoms with Crippen LogP contribution >= 0.6 is 11.8 Å². The summed E-state index contributed by atoms with van der Waals surface area (Å²) in [5.41, 5.74) is 3.56. The minimum absolute atomic E-state index is 0.00337. The summed E-state index contributed by atoms with van der Waals surface area (Å²) in [6, 6.07) is 14.7. The highest BCUT2D eigenvalue weighted by molar-refractivity contribution is 8.18. The van der Waals surface area contributed by atoms with Crippen molar-refractivity contribution in [3.05, 3.63) is 76.5 Å². The Kier molecular flexibility index (Phi) is 7.25. The van der Waals surface area contributed by atoms with Crippen LogP contribution < -0.4 is 15.2 Å². The van der Waals surface area contributed by atoms with Gasteiger partial charge in [-0.25, -0.2) is 13.6 Å². The van der Waals surface area contributed by atoms with Crippen molar-refractivity contribution in [1.82, 2.24) is 9.47 Å². The average molecular weight is 541 g/mol. The molecule has 2 heterocycles. The summed E-state index contributed by atoms with van der Waals surface area (Å²) in [4.78, 5) is 39.0. The number of sulfonamides is 1. The van der Waals surface area contributed by atoms with Gasteiger partial charge in [0.1, 0.15) is 12.3 Å². The average Bonchev–Trinajstić information content (AvgIpc) is 3.27. The van der Waals surface area contributed by atoms with Gasteiger partial charge >= 0.3 is 0 Å². The maximum absolute atomic E-state index is 12.9. The topological polar surface area (TPSA) is 141 Å². The van der Waals surface area contributed by atoms with Gasteiger partial charge in [0.05, 0.1) is 16.9 Å². The number of hydrogen-bond donors (Lipinski definition) is 2. The number of nitrogens with zero attached hydrogens (tertiary/aromatic N) is 2. The second kappa shape index (κ2) is 10.2. The van der Waals surface area contributed by atoms with Gasteiger partial charge in [0.2, 0.25) is 15.9 Å². The number of carbonyl (C=O) groups excluding carboxylic acids is 3. The molecule has 1 saturated heterocycles. The quantitative estimate of drug-likeness (QED) is 0.438. The van der Waals surface area contributed by atoms with E-state index >= 15 is 0 Å². The molecule has 0 radical (unpaired) electrons. The lowest BCUT2D eigenvalue weighted by Crippen LogP contribution is -2.36. The fourth-order valence-electron chi connectivity index (χ4n) is 3.91. The maximum Gasteiger partial charge on any atom is 0.294 e. The SMILES string of the molecule is COc1ccc(NC(=O)CN2C(=O)S/C(=C/c3cc(C)n(-c4ccc(S(N)(=O)=O)cc4)c3C)C2=O)cc1. The highest BCUT2D eigenvalue weighted by Gasteiger charge is 2.36. The molecule has 0 spiro atoms. The molecule has 1 aliphatic rings. The van der Waals surface area contributed by atoms with Crippen molar-refractivity contribution in [2.24, 2.45) is 5.14 Å². The highest BCUT2D eigenvalue weighted by atomic mass is 32.2. The fraction of sp³-hybridized carbons (Fsp3) is 0.160. The standard InChI is InChI=1S/C25H24N4O6S2/c1-15-12-17(16(2)29(15)19-6-10-21(11-7-19)37(26,33)34)13-22-24(31)28(25(32)36-22)14-23(30)27-18-4-8-20(35-3)9-5-18/h4-13H,14H2,1-3H3,(H,27,30)(H2,26,33,34)/b22-13+. The van der Waals surface area contributed by atoms with Crippen LogP contribution in [0.25, 0.3) is 11.8 Å². The molecule has 4 rings (SSSR count). The summed E-state index contributed by atoms with van der Waals surface area (Å²) in [5.74, 6) is -0.425. The van der Waals surface area contributed by atoms with Crippen LogP contribution in [0.3, 0.4) is 0 Å². The molecular formula is C25H24N4O6S2. The van der Waals surface area contributed by atoms with Gasteiger partial charge < -0.3 is 14.6 Å². The summed E-state index contributed by atoms with van der Waals surface area (Å²) >= 11 is 0.766. The number of methoxy groups -OCH3 is 1. The molecule has 192 valence electrons. The molecular weight excluding hydrogens is 516 g/mol. The Morgan fingerprint density at radius 1 is 1.08 bits per heavy atom. The van der Waals surface area contributed by atoms with Gasteiger partial charge in [-0.15, -0.1) is 0 Å².